The highest BCUT2D eigenvalue weighted by atomic mass is 35.5. The van der Waals surface area contributed by atoms with Crippen LogP contribution in [0.15, 0.2) is 41.3 Å². The number of nitrogens with zero attached hydrogens (tertiary/aromatic N) is 2. The van der Waals surface area contributed by atoms with Crippen LogP contribution in [0.5, 0.6) is 0 Å². The number of hydrogen-bond donors (Lipinski definition) is 1. The van der Waals surface area contributed by atoms with E-state index in [1.165, 1.54) is 39.5 Å². The molecular weight excluding hydrogens is 473 g/mol. The number of rotatable bonds is 5. The van der Waals surface area contributed by atoms with Crippen LogP contribution in [0.3, 0.4) is 0 Å². The Bertz CT molecular complexity index is 1130. The van der Waals surface area contributed by atoms with Crippen LogP contribution < -0.4 is 5.32 Å². The summed E-state index contributed by atoms with van der Waals surface area (Å²) in [5, 5.41) is 3.02. The Balaban J connectivity index is 1.87. The van der Waals surface area contributed by atoms with Gasteiger partial charge in [-0.05, 0) is 49.2 Å². The molecule has 3 rings (SSSR count). The van der Waals surface area contributed by atoms with Gasteiger partial charge >= 0.3 is 0 Å². The standard InChI is InChI=1S/C22H25Cl2N3O4S/c1-26(2)22(29)17-14-16(8-10-18(17)23)25-21(28)15-7-9-19(24)20(13-15)32(30,31)27-11-5-3-4-6-12-27/h7-10,13-14H,3-6,11-12H2,1-2H3,(H,25,28). The molecule has 1 aliphatic rings. The quantitative estimate of drug-likeness (QED) is 0.657. The van der Waals surface area contributed by atoms with Crippen molar-refractivity contribution in [2.45, 2.75) is 30.6 Å². The minimum absolute atomic E-state index is 0.0659. The first-order valence-electron chi connectivity index (χ1n) is 10.2. The molecule has 2 aromatic rings. The van der Waals surface area contributed by atoms with Crippen molar-refractivity contribution in [3.05, 3.63) is 57.6 Å². The zero-order chi connectivity index (χ0) is 23.5. The highest BCUT2D eigenvalue weighted by Crippen LogP contribution is 2.28. The smallest absolute Gasteiger partial charge is 0.255 e. The molecule has 2 amide bonds. The number of nitrogens with one attached hydrogen (secondary N) is 1. The van der Waals surface area contributed by atoms with E-state index in [4.69, 9.17) is 23.2 Å². The van der Waals surface area contributed by atoms with E-state index in [1.54, 1.807) is 20.2 Å². The fraction of sp³-hybridized carbons (Fsp3) is 0.364. The monoisotopic (exact) mass is 497 g/mol. The lowest BCUT2D eigenvalue weighted by Gasteiger charge is -2.21. The second-order valence-corrected chi connectivity index (χ2v) is 10.5. The molecule has 32 heavy (non-hydrogen) atoms. The maximum absolute atomic E-state index is 13.2. The second kappa shape index (κ2) is 10.2. The normalized spacial score (nSPS) is 15.1. The SMILES string of the molecule is CN(C)C(=O)c1cc(NC(=O)c2ccc(Cl)c(S(=O)(=O)N3CCCCCC3)c2)ccc1Cl. The molecule has 2 aromatic carbocycles. The van der Waals surface area contributed by atoms with Gasteiger partial charge in [-0.3, -0.25) is 9.59 Å². The minimum atomic E-state index is -3.82. The summed E-state index contributed by atoms with van der Waals surface area (Å²) in [6.45, 7) is 0.866. The van der Waals surface area contributed by atoms with Crippen LogP contribution in [0.1, 0.15) is 46.4 Å². The predicted octanol–water partition coefficient (Wildman–Crippen LogP) is 4.51. The number of carbonyl (C=O) groups is 2. The summed E-state index contributed by atoms with van der Waals surface area (Å²) >= 11 is 12.3. The lowest BCUT2D eigenvalue weighted by Crippen LogP contribution is -2.32. The van der Waals surface area contributed by atoms with Gasteiger partial charge in [-0.15, -0.1) is 0 Å². The highest BCUT2D eigenvalue weighted by molar-refractivity contribution is 7.89. The summed E-state index contributed by atoms with van der Waals surface area (Å²) in [5.41, 5.74) is 0.740. The Morgan fingerprint density at radius 2 is 1.56 bits per heavy atom. The number of halogens is 2. The van der Waals surface area contributed by atoms with Crippen molar-refractivity contribution in [1.82, 2.24) is 9.21 Å². The average Bonchev–Trinajstić information content (AvgIpc) is 3.05. The maximum atomic E-state index is 13.2. The summed E-state index contributed by atoms with van der Waals surface area (Å²) < 4.78 is 27.8. The van der Waals surface area contributed by atoms with Gasteiger partial charge in [-0.2, -0.15) is 4.31 Å². The summed E-state index contributed by atoms with van der Waals surface area (Å²) in [7, 11) is -0.622. The zero-order valence-electron chi connectivity index (χ0n) is 17.9. The Labute approximate surface area is 198 Å². The van der Waals surface area contributed by atoms with Gasteiger partial charge in [0.15, 0.2) is 0 Å². The largest absolute Gasteiger partial charge is 0.345 e. The van der Waals surface area contributed by atoms with Crippen molar-refractivity contribution in [3.8, 4) is 0 Å². The summed E-state index contributed by atoms with van der Waals surface area (Å²) in [6.07, 6.45) is 3.56. The van der Waals surface area contributed by atoms with Crippen molar-refractivity contribution in [2.24, 2.45) is 0 Å². The first-order chi connectivity index (χ1) is 15.1. The van der Waals surface area contributed by atoms with Crippen molar-refractivity contribution < 1.29 is 18.0 Å². The number of hydrogen-bond acceptors (Lipinski definition) is 4. The molecule has 0 aliphatic carbocycles. The molecule has 0 spiro atoms. The Kier molecular flexibility index (Phi) is 7.82. The molecule has 0 radical (unpaired) electrons. The maximum Gasteiger partial charge on any atom is 0.255 e. The van der Waals surface area contributed by atoms with E-state index in [0.29, 0.717) is 18.8 Å². The lowest BCUT2D eigenvalue weighted by molar-refractivity contribution is 0.0827. The van der Waals surface area contributed by atoms with E-state index in [0.717, 1.165) is 25.7 Å². The zero-order valence-corrected chi connectivity index (χ0v) is 20.2. The van der Waals surface area contributed by atoms with Crippen LogP contribution in [0.4, 0.5) is 5.69 Å². The van der Waals surface area contributed by atoms with Gasteiger partial charge in [-0.1, -0.05) is 36.0 Å². The van der Waals surface area contributed by atoms with E-state index in [2.05, 4.69) is 5.32 Å². The fourth-order valence-corrected chi connectivity index (χ4v) is 5.69. The lowest BCUT2D eigenvalue weighted by atomic mass is 10.1. The highest BCUT2D eigenvalue weighted by Gasteiger charge is 2.28. The molecule has 7 nitrogen and oxygen atoms in total. The third kappa shape index (κ3) is 5.43. The molecule has 1 aliphatic heterocycles. The van der Waals surface area contributed by atoms with Gasteiger partial charge in [-0.25, -0.2) is 8.42 Å². The number of sulfonamides is 1. The van der Waals surface area contributed by atoms with Gasteiger partial charge in [0.1, 0.15) is 4.90 Å². The molecule has 10 heteroatoms. The van der Waals surface area contributed by atoms with Gasteiger partial charge in [0.05, 0.1) is 15.6 Å². The van der Waals surface area contributed by atoms with E-state index in [1.807, 2.05) is 0 Å². The van der Waals surface area contributed by atoms with Crippen LogP contribution in [0.2, 0.25) is 10.0 Å². The number of benzene rings is 2. The molecule has 1 N–H and O–H groups in total. The molecule has 172 valence electrons. The molecule has 0 aromatic heterocycles. The fourth-order valence-electron chi connectivity index (χ4n) is 3.47. The van der Waals surface area contributed by atoms with E-state index >= 15 is 0 Å². The topological polar surface area (TPSA) is 86.8 Å². The summed E-state index contributed by atoms with van der Waals surface area (Å²) in [5.74, 6) is -0.831. The number of anilines is 1. The third-order valence-corrected chi connectivity index (χ3v) is 7.95. The molecule has 0 bridgehead atoms. The van der Waals surface area contributed by atoms with Crippen molar-refractivity contribution in [1.29, 1.82) is 0 Å². The molecule has 0 unspecified atom stereocenters. The van der Waals surface area contributed by atoms with Crippen LogP contribution in [-0.4, -0.2) is 56.6 Å². The first kappa shape index (κ1) is 24.5. The molecule has 0 saturated carbocycles. The number of carbonyl (C=O) groups excluding carboxylic acids is 2. The number of amides is 2. The third-order valence-electron chi connectivity index (χ3n) is 5.24. The van der Waals surface area contributed by atoms with Gasteiger partial charge in [0.25, 0.3) is 11.8 Å². The van der Waals surface area contributed by atoms with E-state index < -0.39 is 15.9 Å². The molecule has 1 saturated heterocycles. The van der Waals surface area contributed by atoms with Gasteiger partial charge in [0, 0.05) is 38.4 Å². The summed E-state index contributed by atoms with van der Waals surface area (Å²) in [6, 6.07) is 8.72. The first-order valence-corrected chi connectivity index (χ1v) is 12.4. The van der Waals surface area contributed by atoms with Crippen LogP contribution in [-0.2, 0) is 10.0 Å². The Morgan fingerprint density at radius 1 is 0.938 bits per heavy atom. The second-order valence-electron chi connectivity index (χ2n) is 7.81. The Hall–Kier alpha value is -2.13. The molecular formula is C22H25Cl2N3O4S. The van der Waals surface area contributed by atoms with Crippen LogP contribution in [0.25, 0.3) is 0 Å². The van der Waals surface area contributed by atoms with Crippen LogP contribution in [0, 0.1) is 0 Å². The minimum Gasteiger partial charge on any atom is -0.345 e. The average molecular weight is 498 g/mol. The molecule has 0 atom stereocenters. The van der Waals surface area contributed by atoms with Crippen LogP contribution >= 0.6 is 23.2 Å². The predicted molar refractivity (Wildman–Crippen MR) is 126 cm³/mol. The Morgan fingerprint density at radius 3 is 2.19 bits per heavy atom. The summed E-state index contributed by atoms with van der Waals surface area (Å²) in [4.78, 5) is 26.4. The van der Waals surface area contributed by atoms with Crippen molar-refractivity contribution in [2.75, 3.05) is 32.5 Å². The van der Waals surface area contributed by atoms with Crippen molar-refractivity contribution in [3.63, 3.8) is 0 Å². The van der Waals surface area contributed by atoms with Gasteiger partial charge < -0.3 is 10.2 Å². The van der Waals surface area contributed by atoms with E-state index in [-0.39, 0.29) is 32.0 Å². The van der Waals surface area contributed by atoms with Crippen molar-refractivity contribution >= 4 is 50.7 Å². The van der Waals surface area contributed by atoms with E-state index in [9.17, 15) is 18.0 Å². The molecule has 1 fully saturated rings. The van der Waals surface area contributed by atoms with Gasteiger partial charge in [0.2, 0.25) is 10.0 Å². The molecule has 1 heterocycles.